The van der Waals surface area contributed by atoms with E-state index in [1.54, 1.807) is 6.07 Å². The summed E-state index contributed by atoms with van der Waals surface area (Å²) in [5.41, 5.74) is 1.62. The Kier molecular flexibility index (Phi) is 6.84. The first-order valence-corrected chi connectivity index (χ1v) is 6.73. The summed E-state index contributed by atoms with van der Waals surface area (Å²) in [5.74, 6) is -1.20. The van der Waals surface area contributed by atoms with E-state index in [1.807, 2.05) is 32.0 Å². The number of hydrogen-bond donors (Lipinski definition) is 2. The van der Waals surface area contributed by atoms with Gasteiger partial charge in [0.15, 0.2) is 6.29 Å². The molecule has 6 nitrogen and oxygen atoms in total. The molecule has 116 valence electrons. The molecule has 0 aliphatic carbocycles. The number of para-hydroxylation sites is 1. The van der Waals surface area contributed by atoms with Crippen molar-refractivity contribution in [3.05, 3.63) is 29.8 Å². The number of ether oxygens (including phenoxy) is 2. The topological polar surface area (TPSA) is 76.7 Å². The lowest BCUT2D eigenvalue weighted by Gasteiger charge is -2.15. The fraction of sp³-hybridized carbons (Fsp3) is 0.467. The number of anilines is 1. The van der Waals surface area contributed by atoms with E-state index in [9.17, 15) is 9.59 Å². The summed E-state index contributed by atoms with van der Waals surface area (Å²) in [5, 5.41) is 5.07. The third-order valence-electron chi connectivity index (χ3n) is 2.99. The summed E-state index contributed by atoms with van der Waals surface area (Å²) in [6, 6.07) is 7.40. The van der Waals surface area contributed by atoms with Gasteiger partial charge in [0.1, 0.15) is 0 Å². The van der Waals surface area contributed by atoms with Crippen LogP contribution in [0, 0.1) is 0 Å². The lowest BCUT2D eigenvalue weighted by atomic mass is 10.0. The molecule has 0 radical (unpaired) electrons. The monoisotopic (exact) mass is 294 g/mol. The first-order valence-electron chi connectivity index (χ1n) is 6.73. The number of amides is 2. The number of methoxy groups -OCH3 is 2. The fourth-order valence-corrected chi connectivity index (χ4v) is 1.81. The molecule has 0 saturated carbocycles. The molecule has 6 heteroatoms. The lowest BCUT2D eigenvalue weighted by Crippen LogP contribution is -2.40. The van der Waals surface area contributed by atoms with Crippen LogP contribution in [0.4, 0.5) is 5.69 Å². The normalized spacial score (nSPS) is 10.8. The number of nitrogens with one attached hydrogen (secondary N) is 2. The molecule has 0 unspecified atom stereocenters. The predicted octanol–water partition coefficient (Wildman–Crippen LogP) is 1.48. The number of hydrogen-bond acceptors (Lipinski definition) is 4. The predicted molar refractivity (Wildman–Crippen MR) is 80.0 cm³/mol. The first-order chi connectivity index (χ1) is 9.99. The van der Waals surface area contributed by atoms with Crippen LogP contribution in [0.5, 0.6) is 0 Å². The number of carbonyl (C=O) groups excluding carboxylic acids is 2. The van der Waals surface area contributed by atoms with Crippen molar-refractivity contribution in [2.45, 2.75) is 26.1 Å². The van der Waals surface area contributed by atoms with Gasteiger partial charge >= 0.3 is 11.8 Å². The quantitative estimate of drug-likeness (QED) is 0.615. The molecular weight excluding hydrogens is 272 g/mol. The van der Waals surface area contributed by atoms with Crippen LogP contribution in [0.15, 0.2) is 24.3 Å². The maximum Gasteiger partial charge on any atom is 0.313 e. The maximum atomic E-state index is 11.9. The Bertz CT molecular complexity index is 484. The highest BCUT2D eigenvalue weighted by Gasteiger charge is 2.17. The van der Waals surface area contributed by atoms with E-state index in [2.05, 4.69) is 10.6 Å². The largest absolute Gasteiger partial charge is 0.354 e. The van der Waals surface area contributed by atoms with Crippen molar-refractivity contribution in [2.75, 3.05) is 26.1 Å². The summed E-state index contributed by atoms with van der Waals surface area (Å²) >= 11 is 0. The minimum absolute atomic E-state index is 0.102. The van der Waals surface area contributed by atoms with Gasteiger partial charge in [-0.2, -0.15) is 0 Å². The first kappa shape index (κ1) is 17.1. The molecule has 0 atom stereocenters. The highest BCUT2D eigenvalue weighted by atomic mass is 16.7. The zero-order valence-electron chi connectivity index (χ0n) is 12.8. The summed E-state index contributed by atoms with van der Waals surface area (Å²) in [4.78, 5) is 23.6. The summed E-state index contributed by atoms with van der Waals surface area (Å²) in [6.07, 6.45) is -0.579. The van der Waals surface area contributed by atoms with Crippen molar-refractivity contribution < 1.29 is 19.1 Å². The zero-order chi connectivity index (χ0) is 15.8. The van der Waals surface area contributed by atoms with Crippen LogP contribution in [-0.4, -0.2) is 38.9 Å². The summed E-state index contributed by atoms with van der Waals surface area (Å²) in [7, 11) is 2.92. The van der Waals surface area contributed by atoms with Crippen LogP contribution < -0.4 is 10.6 Å². The second kappa shape index (κ2) is 8.39. The van der Waals surface area contributed by atoms with E-state index in [0.717, 1.165) is 5.56 Å². The Balaban J connectivity index is 2.63. The minimum Gasteiger partial charge on any atom is -0.354 e. The molecule has 0 aromatic heterocycles. The van der Waals surface area contributed by atoms with E-state index in [0.29, 0.717) is 5.69 Å². The van der Waals surface area contributed by atoms with Crippen LogP contribution >= 0.6 is 0 Å². The second-order valence-electron chi connectivity index (χ2n) is 4.81. The van der Waals surface area contributed by atoms with Gasteiger partial charge in [0.2, 0.25) is 0 Å². The molecule has 2 amide bonds. The van der Waals surface area contributed by atoms with Crippen molar-refractivity contribution in [3.8, 4) is 0 Å². The van der Waals surface area contributed by atoms with Gasteiger partial charge in [0.05, 0.1) is 6.54 Å². The molecule has 2 N–H and O–H groups in total. The van der Waals surface area contributed by atoms with Gasteiger partial charge in [0, 0.05) is 19.9 Å². The minimum atomic E-state index is -0.729. The molecule has 0 aliphatic heterocycles. The molecule has 1 aromatic carbocycles. The van der Waals surface area contributed by atoms with Crippen molar-refractivity contribution in [1.29, 1.82) is 0 Å². The van der Waals surface area contributed by atoms with Crippen molar-refractivity contribution in [3.63, 3.8) is 0 Å². The zero-order valence-corrected chi connectivity index (χ0v) is 12.8. The Morgan fingerprint density at radius 2 is 1.71 bits per heavy atom. The summed E-state index contributed by atoms with van der Waals surface area (Å²) < 4.78 is 9.86. The molecule has 0 heterocycles. The van der Waals surface area contributed by atoms with Gasteiger partial charge in [0.25, 0.3) is 0 Å². The second-order valence-corrected chi connectivity index (χ2v) is 4.81. The van der Waals surface area contributed by atoms with Crippen molar-refractivity contribution in [2.24, 2.45) is 0 Å². The van der Waals surface area contributed by atoms with E-state index in [-0.39, 0.29) is 12.5 Å². The van der Waals surface area contributed by atoms with Crippen LogP contribution in [0.1, 0.15) is 25.3 Å². The highest BCUT2D eigenvalue weighted by molar-refractivity contribution is 6.39. The van der Waals surface area contributed by atoms with Gasteiger partial charge in [-0.15, -0.1) is 0 Å². The Labute approximate surface area is 124 Å². The van der Waals surface area contributed by atoms with Crippen LogP contribution in [0.2, 0.25) is 0 Å². The smallest absolute Gasteiger partial charge is 0.313 e. The molecule has 1 aromatic rings. The number of benzene rings is 1. The fourth-order valence-electron chi connectivity index (χ4n) is 1.81. The van der Waals surface area contributed by atoms with Gasteiger partial charge < -0.3 is 20.1 Å². The number of carbonyl (C=O) groups is 2. The molecule has 0 bridgehead atoms. The molecule has 0 saturated heterocycles. The average molecular weight is 294 g/mol. The maximum absolute atomic E-state index is 11.9. The van der Waals surface area contributed by atoms with E-state index >= 15 is 0 Å². The highest BCUT2D eigenvalue weighted by Crippen LogP contribution is 2.23. The summed E-state index contributed by atoms with van der Waals surface area (Å²) in [6.45, 7) is 4.14. The van der Waals surface area contributed by atoms with E-state index in [1.165, 1.54) is 14.2 Å². The molecule has 21 heavy (non-hydrogen) atoms. The van der Waals surface area contributed by atoms with Gasteiger partial charge in [-0.1, -0.05) is 32.0 Å². The molecule has 0 spiro atoms. The lowest BCUT2D eigenvalue weighted by molar-refractivity contribution is -0.139. The van der Waals surface area contributed by atoms with E-state index < -0.39 is 18.1 Å². The van der Waals surface area contributed by atoms with Gasteiger partial charge in [-0.3, -0.25) is 9.59 Å². The Hall–Kier alpha value is -1.92. The molecule has 0 fully saturated rings. The molecule has 1 rings (SSSR count). The van der Waals surface area contributed by atoms with Gasteiger partial charge in [-0.25, -0.2) is 0 Å². The van der Waals surface area contributed by atoms with Crippen LogP contribution in [-0.2, 0) is 19.1 Å². The van der Waals surface area contributed by atoms with Gasteiger partial charge in [-0.05, 0) is 17.5 Å². The third-order valence-corrected chi connectivity index (χ3v) is 2.99. The average Bonchev–Trinajstić information content (AvgIpc) is 2.48. The van der Waals surface area contributed by atoms with E-state index in [4.69, 9.17) is 9.47 Å². The molecular formula is C15H22N2O4. The van der Waals surface area contributed by atoms with Crippen LogP contribution in [0.3, 0.4) is 0 Å². The number of rotatable bonds is 6. The van der Waals surface area contributed by atoms with Crippen molar-refractivity contribution in [1.82, 2.24) is 5.32 Å². The Morgan fingerprint density at radius 1 is 1.10 bits per heavy atom. The van der Waals surface area contributed by atoms with Crippen LogP contribution in [0.25, 0.3) is 0 Å². The third kappa shape index (κ3) is 5.17. The Morgan fingerprint density at radius 3 is 2.29 bits per heavy atom. The molecule has 0 aliphatic rings. The van der Waals surface area contributed by atoms with Crippen molar-refractivity contribution >= 4 is 17.5 Å². The standard InChI is InChI=1S/C15H22N2O4/c1-10(2)11-7-5-6-8-12(11)17-15(19)14(18)16-9-13(20-3)21-4/h5-8,10,13H,9H2,1-4H3,(H,16,18)(H,17,19). The SMILES string of the molecule is COC(CNC(=O)C(=O)Nc1ccccc1C(C)C)OC.